The van der Waals surface area contributed by atoms with Crippen LogP contribution in [0, 0.1) is 5.92 Å². The summed E-state index contributed by atoms with van der Waals surface area (Å²) in [6, 6.07) is 3.81. The first-order valence-corrected chi connectivity index (χ1v) is 5.88. The van der Waals surface area contributed by atoms with Crippen molar-refractivity contribution in [1.29, 1.82) is 0 Å². The summed E-state index contributed by atoms with van der Waals surface area (Å²) >= 11 is 0. The molecular formula is C12H18N4O. The Hall–Kier alpha value is -1.62. The number of aromatic amines is 1. The van der Waals surface area contributed by atoms with E-state index in [0.717, 1.165) is 12.1 Å². The summed E-state index contributed by atoms with van der Waals surface area (Å²) in [5.74, 6) is 1.92. The van der Waals surface area contributed by atoms with Crippen LogP contribution >= 0.6 is 0 Å². The lowest BCUT2D eigenvalue weighted by atomic mass is 9.97. The summed E-state index contributed by atoms with van der Waals surface area (Å²) in [4.78, 5) is 7.44. The lowest BCUT2D eigenvalue weighted by Crippen LogP contribution is -2.15. The van der Waals surface area contributed by atoms with Crippen LogP contribution in [0.25, 0.3) is 11.5 Å². The smallest absolute Gasteiger partial charge is 0.231 e. The molecule has 5 nitrogen and oxygen atoms in total. The highest BCUT2D eigenvalue weighted by molar-refractivity contribution is 5.47. The number of H-pyrrole nitrogens is 1. The maximum Gasteiger partial charge on any atom is 0.231 e. The molecule has 0 saturated carbocycles. The number of aromatic nitrogens is 3. The van der Waals surface area contributed by atoms with E-state index >= 15 is 0 Å². The second-order valence-electron chi connectivity index (χ2n) is 4.60. The SMILES string of the molecule is CC(C)CC(CN)c1nc(-c2ccc[nH]2)no1. The van der Waals surface area contributed by atoms with E-state index in [1.807, 2.05) is 18.3 Å². The monoisotopic (exact) mass is 234 g/mol. The lowest BCUT2D eigenvalue weighted by Gasteiger charge is -2.11. The van der Waals surface area contributed by atoms with E-state index in [9.17, 15) is 0 Å². The fraction of sp³-hybridized carbons (Fsp3) is 0.500. The molecule has 17 heavy (non-hydrogen) atoms. The molecule has 0 aromatic carbocycles. The molecule has 0 aliphatic rings. The van der Waals surface area contributed by atoms with E-state index in [0.29, 0.717) is 24.2 Å². The second-order valence-corrected chi connectivity index (χ2v) is 4.60. The molecule has 0 saturated heterocycles. The molecule has 1 unspecified atom stereocenters. The van der Waals surface area contributed by atoms with Crippen LogP contribution in [0.2, 0.25) is 0 Å². The van der Waals surface area contributed by atoms with Crippen molar-refractivity contribution in [2.75, 3.05) is 6.54 Å². The van der Waals surface area contributed by atoms with Crippen molar-refractivity contribution >= 4 is 0 Å². The van der Waals surface area contributed by atoms with Crippen LogP contribution in [-0.2, 0) is 0 Å². The van der Waals surface area contributed by atoms with E-state index in [1.165, 1.54) is 0 Å². The molecule has 2 heterocycles. The number of hydrogen-bond donors (Lipinski definition) is 2. The van der Waals surface area contributed by atoms with Crippen molar-refractivity contribution in [1.82, 2.24) is 15.1 Å². The molecule has 2 aromatic heterocycles. The first kappa shape index (κ1) is 11.9. The quantitative estimate of drug-likeness (QED) is 0.830. The van der Waals surface area contributed by atoms with Crippen molar-refractivity contribution in [2.24, 2.45) is 11.7 Å². The predicted molar refractivity (Wildman–Crippen MR) is 65.3 cm³/mol. The Bertz CT molecular complexity index is 447. The van der Waals surface area contributed by atoms with E-state index in [1.54, 1.807) is 0 Å². The Morgan fingerprint density at radius 1 is 1.47 bits per heavy atom. The van der Waals surface area contributed by atoms with Gasteiger partial charge in [0.25, 0.3) is 0 Å². The minimum absolute atomic E-state index is 0.145. The van der Waals surface area contributed by atoms with Crippen molar-refractivity contribution in [3.63, 3.8) is 0 Å². The van der Waals surface area contributed by atoms with Crippen LogP contribution < -0.4 is 5.73 Å². The summed E-state index contributed by atoms with van der Waals surface area (Å²) < 4.78 is 5.28. The van der Waals surface area contributed by atoms with Gasteiger partial charge in [-0.3, -0.25) is 0 Å². The molecule has 1 atom stereocenters. The van der Waals surface area contributed by atoms with Gasteiger partial charge in [0.1, 0.15) is 0 Å². The van der Waals surface area contributed by atoms with Crippen LogP contribution in [0.4, 0.5) is 0 Å². The van der Waals surface area contributed by atoms with E-state index in [2.05, 4.69) is 29.0 Å². The summed E-state index contributed by atoms with van der Waals surface area (Å²) in [5.41, 5.74) is 6.61. The van der Waals surface area contributed by atoms with Gasteiger partial charge in [-0.05, 0) is 24.5 Å². The van der Waals surface area contributed by atoms with Crippen LogP contribution in [0.15, 0.2) is 22.9 Å². The average Bonchev–Trinajstić information content (AvgIpc) is 2.95. The molecule has 0 spiro atoms. The number of rotatable bonds is 5. The maximum atomic E-state index is 5.75. The maximum absolute atomic E-state index is 5.75. The third-order valence-electron chi connectivity index (χ3n) is 2.67. The van der Waals surface area contributed by atoms with Crippen LogP contribution in [0.5, 0.6) is 0 Å². The zero-order valence-electron chi connectivity index (χ0n) is 10.2. The fourth-order valence-corrected chi connectivity index (χ4v) is 1.85. The Morgan fingerprint density at radius 2 is 2.29 bits per heavy atom. The van der Waals surface area contributed by atoms with Crippen LogP contribution in [-0.4, -0.2) is 21.7 Å². The Kier molecular flexibility index (Phi) is 3.58. The number of nitrogens with zero attached hydrogens (tertiary/aromatic N) is 2. The zero-order chi connectivity index (χ0) is 12.3. The third kappa shape index (κ3) is 2.74. The molecule has 0 aliphatic carbocycles. The minimum atomic E-state index is 0.145. The van der Waals surface area contributed by atoms with Crippen molar-refractivity contribution in [3.05, 3.63) is 24.2 Å². The first-order chi connectivity index (χ1) is 8.20. The first-order valence-electron chi connectivity index (χ1n) is 5.88. The molecule has 0 bridgehead atoms. The molecule has 0 aliphatic heterocycles. The fourth-order valence-electron chi connectivity index (χ4n) is 1.85. The highest BCUT2D eigenvalue weighted by Crippen LogP contribution is 2.23. The van der Waals surface area contributed by atoms with Gasteiger partial charge in [0.05, 0.1) is 11.6 Å². The minimum Gasteiger partial charge on any atom is -0.359 e. The molecule has 92 valence electrons. The van der Waals surface area contributed by atoms with Gasteiger partial charge >= 0.3 is 0 Å². The summed E-state index contributed by atoms with van der Waals surface area (Å²) in [7, 11) is 0. The molecule has 0 amide bonds. The molecule has 0 fully saturated rings. The summed E-state index contributed by atoms with van der Waals surface area (Å²) in [6.07, 6.45) is 2.79. The number of hydrogen-bond acceptors (Lipinski definition) is 4. The van der Waals surface area contributed by atoms with Gasteiger partial charge in [0.15, 0.2) is 0 Å². The lowest BCUT2D eigenvalue weighted by molar-refractivity contribution is 0.334. The topological polar surface area (TPSA) is 80.7 Å². The molecular weight excluding hydrogens is 216 g/mol. The highest BCUT2D eigenvalue weighted by Gasteiger charge is 2.19. The number of nitrogens with one attached hydrogen (secondary N) is 1. The van der Waals surface area contributed by atoms with Crippen molar-refractivity contribution < 1.29 is 4.52 Å². The highest BCUT2D eigenvalue weighted by atomic mass is 16.5. The van der Waals surface area contributed by atoms with Gasteiger partial charge in [-0.1, -0.05) is 19.0 Å². The predicted octanol–water partition coefficient (Wildman–Crippen LogP) is 2.15. The van der Waals surface area contributed by atoms with E-state index in [-0.39, 0.29) is 5.92 Å². The van der Waals surface area contributed by atoms with Gasteiger partial charge in [0, 0.05) is 12.7 Å². The molecule has 5 heteroatoms. The molecule has 3 N–H and O–H groups in total. The van der Waals surface area contributed by atoms with E-state index < -0.39 is 0 Å². The summed E-state index contributed by atoms with van der Waals surface area (Å²) in [5, 5.41) is 3.96. The van der Waals surface area contributed by atoms with Gasteiger partial charge in [-0.25, -0.2) is 0 Å². The largest absolute Gasteiger partial charge is 0.359 e. The normalized spacial score (nSPS) is 13.2. The molecule has 2 aromatic rings. The summed E-state index contributed by atoms with van der Waals surface area (Å²) in [6.45, 7) is 4.85. The van der Waals surface area contributed by atoms with Crippen molar-refractivity contribution in [3.8, 4) is 11.5 Å². The Morgan fingerprint density at radius 3 is 2.88 bits per heavy atom. The van der Waals surface area contributed by atoms with Crippen molar-refractivity contribution in [2.45, 2.75) is 26.2 Å². The second kappa shape index (κ2) is 5.14. The van der Waals surface area contributed by atoms with Gasteiger partial charge in [0.2, 0.25) is 11.7 Å². The molecule has 0 radical (unpaired) electrons. The third-order valence-corrected chi connectivity index (χ3v) is 2.67. The molecule has 2 rings (SSSR count). The van der Waals surface area contributed by atoms with Gasteiger partial charge in [-0.15, -0.1) is 0 Å². The number of nitrogens with two attached hydrogens (primary N) is 1. The van der Waals surface area contributed by atoms with Gasteiger partial charge in [-0.2, -0.15) is 4.98 Å². The zero-order valence-corrected chi connectivity index (χ0v) is 10.2. The van der Waals surface area contributed by atoms with Crippen LogP contribution in [0.1, 0.15) is 32.1 Å². The average molecular weight is 234 g/mol. The standard InChI is InChI=1S/C12H18N4O/c1-8(2)6-9(7-13)12-15-11(16-17-12)10-4-3-5-14-10/h3-5,8-9,14H,6-7,13H2,1-2H3. The Balaban J connectivity index is 2.16. The van der Waals surface area contributed by atoms with Crippen LogP contribution in [0.3, 0.4) is 0 Å². The van der Waals surface area contributed by atoms with E-state index in [4.69, 9.17) is 10.3 Å². The van der Waals surface area contributed by atoms with Gasteiger partial charge < -0.3 is 15.2 Å². The Labute approximate surface area is 100 Å².